The maximum absolute atomic E-state index is 10.8. The SMILES string of the molecule is O=C[C@@H](C[C@H](O)CO)[Se]c1ccccc1. The molecule has 0 aliphatic rings. The van der Waals surface area contributed by atoms with Gasteiger partial charge in [0.05, 0.1) is 0 Å². The molecule has 0 saturated carbocycles. The number of benzene rings is 1. The van der Waals surface area contributed by atoms with Crippen molar-refractivity contribution in [2.45, 2.75) is 17.3 Å². The molecule has 0 bridgehead atoms. The third kappa shape index (κ3) is 4.58. The van der Waals surface area contributed by atoms with E-state index >= 15 is 0 Å². The van der Waals surface area contributed by atoms with Gasteiger partial charge in [-0.25, -0.2) is 0 Å². The van der Waals surface area contributed by atoms with E-state index in [1.807, 2.05) is 30.3 Å². The summed E-state index contributed by atoms with van der Waals surface area (Å²) in [5.41, 5.74) is 0. The van der Waals surface area contributed by atoms with Gasteiger partial charge in [-0.3, -0.25) is 0 Å². The van der Waals surface area contributed by atoms with Crippen LogP contribution in [0.1, 0.15) is 6.42 Å². The molecule has 1 rings (SSSR count). The molecule has 0 aromatic heterocycles. The Kier molecular flexibility index (Phi) is 5.58. The van der Waals surface area contributed by atoms with E-state index in [9.17, 15) is 9.90 Å². The standard InChI is InChI=1S/C11H14O3Se/c12-7-9(14)6-11(8-13)15-10-4-2-1-3-5-10/h1-5,8-9,11-12,14H,6-7H2/t9-,11+/m0/s1. The Morgan fingerprint density at radius 3 is 2.53 bits per heavy atom. The molecule has 3 nitrogen and oxygen atoms in total. The predicted octanol–water partition coefficient (Wildman–Crippen LogP) is -0.253. The molecule has 0 aliphatic carbocycles. The molecule has 1 aromatic rings. The first-order valence-electron chi connectivity index (χ1n) is 4.72. The van der Waals surface area contributed by atoms with Crippen molar-refractivity contribution in [2.24, 2.45) is 0 Å². The molecule has 1 aromatic carbocycles. The summed E-state index contributed by atoms with van der Waals surface area (Å²) in [6.45, 7) is -0.283. The molecule has 0 unspecified atom stereocenters. The molecule has 0 fully saturated rings. The zero-order chi connectivity index (χ0) is 11.1. The monoisotopic (exact) mass is 274 g/mol. The number of rotatable bonds is 6. The molecule has 0 aliphatic heterocycles. The van der Waals surface area contributed by atoms with Crippen molar-refractivity contribution < 1.29 is 15.0 Å². The van der Waals surface area contributed by atoms with Gasteiger partial charge in [0.25, 0.3) is 0 Å². The van der Waals surface area contributed by atoms with Crippen LogP contribution in [0.4, 0.5) is 0 Å². The van der Waals surface area contributed by atoms with E-state index < -0.39 is 6.10 Å². The Hall–Kier alpha value is -0.671. The van der Waals surface area contributed by atoms with Gasteiger partial charge in [0.1, 0.15) is 0 Å². The number of hydrogen-bond acceptors (Lipinski definition) is 3. The molecule has 0 saturated heterocycles. The van der Waals surface area contributed by atoms with Gasteiger partial charge < -0.3 is 0 Å². The molecular formula is C11H14O3Se. The summed E-state index contributed by atoms with van der Waals surface area (Å²) in [4.78, 5) is 10.6. The van der Waals surface area contributed by atoms with Crippen LogP contribution in [-0.4, -0.2) is 44.2 Å². The van der Waals surface area contributed by atoms with Gasteiger partial charge in [-0.05, 0) is 0 Å². The van der Waals surface area contributed by atoms with Crippen LogP contribution in [0.2, 0.25) is 4.82 Å². The van der Waals surface area contributed by atoms with Crippen LogP contribution in [0.5, 0.6) is 0 Å². The summed E-state index contributed by atoms with van der Waals surface area (Å²) in [5, 5.41) is 17.9. The summed E-state index contributed by atoms with van der Waals surface area (Å²) < 4.78 is 1.13. The Morgan fingerprint density at radius 1 is 1.33 bits per heavy atom. The van der Waals surface area contributed by atoms with Gasteiger partial charge in [-0.2, -0.15) is 0 Å². The number of carbonyl (C=O) groups excluding carboxylic acids is 1. The van der Waals surface area contributed by atoms with Crippen molar-refractivity contribution in [3.63, 3.8) is 0 Å². The van der Waals surface area contributed by atoms with Crippen LogP contribution >= 0.6 is 0 Å². The quantitative estimate of drug-likeness (QED) is 0.555. The summed E-state index contributed by atoms with van der Waals surface area (Å²) in [5.74, 6) is 0. The third-order valence-electron chi connectivity index (χ3n) is 1.90. The average Bonchev–Trinajstić information content (AvgIpc) is 2.29. The molecule has 2 N–H and O–H groups in total. The predicted molar refractivity (Wildman–Crippen MR) is 59.4 cm³/mol. The van der Waals surface area contributed by atoms with Crippen molar-refractivity contribution in [1.82, 2.24) is 0 Å². The first-order chi connectivity index (χ1) is 7.26. The van der Waals surface area contributed by atoms with Crippen LogP contribution < -0.4 is 4.46 Å². The minimum atomic E-state index is -0.786. The van der Waals surface area contributed by atoms with Crippen molar-refractivity contribution in [3.8, 4) is 0 Å². The fourth-order valence-electron chi connectivity index (χ4n) is 1.15. The van der Waals surface area contributed by atoms with Crippen molar-refractivity contribution in [2.75, 3.05) is 6.61 Å². The van der Waals surface area contributed by atoms with E-state index in [-0.39, 0.29) is 26.4 Å². The fourth-order valence-corrected chi connectivity index (χ4v) is 3.33. The van der Waals surface area contributed by atoms with E-state index in [4.69, 9.17) is 5.11 Å². The zero-order valence-electron chi connectivity index (χ0n) is 8.24. The first kappa shape index (κ1) is 12.4. The van der Waals surface area contributed by atoms with Crippen LogP contribution in [0.3, 0.4) is 0 Å². The molecule has 2 atom stereocenters. The average molecular weight is 273 g/mol. The van der Waals surface area contributed by atoms with Crippen molar-refractivity contribution >= 4 is 25.7 Å². The molecule has 0 radical (unpaired) electrons. The Balaban J connectivity index is 2.50. The maximum atomic E-state index is 10.8. The molecule has 0 spiro atoms. The number of aldehydes is 1. The van der Waals surface area contributed by atoms with Gasteiger partial charge in [-0.1, -0.05) is 0 Å². The van der Waals surface area contributed by atoms with Gasteiger partial charge in [0.2, 0.25) is 0 Å². The first-order valence-corrected chi connectivity index (χ1v) is 6.56. The summed E-state index contributed by atoms with van der Waals surface area (Å²) in [7, 11) is 0. The molecule has 4 heteroatoms. The number of carbonyl (C=O) groups is 1. The fraction of sp³-hybridized carbons (Fsp3) is 0.364. The van der Waals surface area contributed by atoms with E-state index in [0.717, 1.165) is 10.7 Å². The number of aliphatic hydroxyl groups is 2. The minimum absolute atomic E-state index is 0.0269. The summed E-state index contributed by atoms with van der Waals surface area (Å²) in [6, 6.07) is 9.74. The van der Waals surface area contributed by atoms with Crippen molar-refractivity contribution in [3.05, 3.63) is 30.3 Å². The second kappa shape index (κ2) is 6.75. The van der Waals surface area contributed by atoms with E-state index in [1.165, 1.54) is 0 Å². The number of aliphatic hydroxyl groups excluding tert-OH is 2. The Morgan fingerprint density at radius 2 is 2.00 bits per heavy atom. The van der Waals surface area contributed by atoms with Crippen LogP contribution in [-0.2, 0) is 4.79 Å². The van der Waals surface area contributed by atoms with Gasteiger partial charge >= 0.3 is 95.0 Å². The van der Waals surface area contributed by atoms with Crippen LogP contribution in [0, 0.1) is 0 Å². The third-order valence-corrected chi connectivity index (χ3v) is 4.31. The van der Waals surface area contributed by atoms with E-state index in [1.54, 1.807) is 0 Å². The van der Waals surface area contributed by atoms with E-state index in [0.29, 0.717) is 6.42 Å². The van der Waals surface area contributed by atoms with Crippen LogP contribution in [0.15, 0.2) is 30.3 Å². The summed E-state index contributed by atoms with van der Waals surface area (Å²) in [6.07, 6.45) is 0.423. The molecular weight excluding hydrogens is 259 g/mol. The Labute approximate surface area is 95.3 Å². The normalized spacial score (nSPS) is 14.5. The van der Waals surface area contributed by atoms with Crippen molar-refractivity contribution in [1.29, 1.82) is 0 Å². The molecule has 82 valence electrons. The van der Waals surface area contributed by atoms with Gasteiger partial charge in [-0.15, -0.1) is 0 Å². The number of hydrogen-bond donors (Lipinski definition) is 2. The topological polar surface area (TPSA) is 57.5 Å². The van der Waals surface area contributed by atoms with Gasteiger partial charge in [0, 0.05) is 0 Å². The summed E-state index contributed by atoms with van der Waals surface area (Å²) >= 11 is 0.0269. The second-order valence-electron chi connectivity index (χ2n) is 3.18. The van der Waals surface area contributed by atoms with Gasteiger partial charge in [0.15, 0.2) is 0 Å². The molecule has 0 amide bonds. The second-order valence-corrected chi connectivity index (χ2v) is 5.93. The molecule has 15 heavy (non-hydrogen) atoms. The Bertz CT molecular complexity index is 289. The zero-order valence-corrected chi connectivity index (χ0v) is 9.96. The van der Waals surface area contributed by atoms with Crippen LogP contribution in [0.25, 0.3) is 0 Å². The molecule has 0 heterocycles. The van der Waals surface area contributed by atoms with E-state index in [2.05, 4.69) is 0 Å².